The monoisotopic (exact) mass is 268 g/mol. The number of rotatable bonds is 4. The van der Waals surface area contributed by atoms with Crippen LogP contribution in [0.15, 0.2) is 0 Å². The minimum absolute atomic E-state index is 0.207. The van der Waals surface area contributed by atoms with Gasteiger partial charge in [-0.2, -0.15) is 0 Å². The molecule has 1 saturated heterocycles. The van der Waals surface area contributed by atoms with E-state index in [-0.39, 0.29) is 11.3 Å². The fourth-order valence-electron chi connectivity index (χ4n) is 3.30. The van der Waals surface area contributed by atoms with Crippen LogP contribution in [-0.4, -0.2) is 48.7 Å². The van der Waals surface area contributed by atoms with Crippen molar-refractivity contribution in [3.63, 3.8) is 0 Å². The molecule has 1 amide bonds. The maximum Gasteiger partial charge on any atom is 0.219 e. The van der Waals surface area contributed by atoms with Crippen LogP contribution in [0.2, 0.25) is 0 Å². The van der Waals surface area contributed by atoms with Crippen LogP contribution in [0.5, 0.6) is 0 Å². The predicted molar refractivity (Wildman–Crippen MR) is 76.0 cm³/mol. The van der Waals surface area contributed by atoms with E-state index < -0.39 is 0 Å². The first-order chi connectivity index (χ1) is 8.95. The second-order valence-electron chi connectivity index (χ2n) is 6.50. The zero-order chi connectivity index (χ0) is 14.0. The van der Waals surface area contributed by atoms with Crippen LogP contribution in [0.25, 0.3) is 0 Å². The molecule has 1 aliphatic heterocycles. The third-order valence-electron chi connectivity index (χ3n) is 4.92. The van der Waals surface area contributed by atoms with Crippen molar-refractivity contribution in [1.29, 1.82) is 0 Å². The first-order valence-electron chi connectivity index (χ1n) is 7.58. The van der Waals surface area contributed by atoms with Gasteiger partial charge >= 0.3 is 0 Å². The Labute approximate surface area is 116 Å². The molecule has 2 atom stereocenters. The Morgan fingerprint density at radius 3 is 2.47 bits per heavy atom. The number of carbonyl (C=O) groups excluding carboxylic acids is 1. The molecule has 2 fully saturated rings. The molecule has 4 heteroatoms. The Hall–Kier alpha value is -0.610. The van der Waals surface area contributed by atoms with Gasteiger partial charge in [0, 0.05) is 44.1 Å². The van der Waals surface area contributed by atoms with Gasteiger partial charge in [-0.1, -0.05) is 13.8 Å². The maximum absolute atomic E-state index is 11.3. The van der Waals surface area contributed by atoms with Gasteiger partial charge < -0.3 is 15.0 Å². The largest absolute Gasteiger partial charge is 0.378 e. The molecule has 2 unspecified atom stereocenters. The summed E-state index contributed by atoms with van der Waals surface area (Å²) in [6, 6.07) is 1.11. The van der Waals surface area contributed by atoms with E-state index >= 15 is 0 Å². The molecule has 0 aromatic rings. The van der Waals surface area contributed by atoms with Crippen LogP contribution in [-0.2, 0) is 9.53 Å². The minimum atomic E-state index is 0.207. The van der Waals surface area contributed by atoms with Gasteiger partial charge in [-0.05, 0) is 26.2 Å². The van der Waals surface area contributed by atoms with E-state index in [2.05, 4.69) is 26.1 Å². The molecule has 2 aliphatic rings. The van der Waals surface area contributed by atoms with E-state index in [0.717, 1.165) is 39.0 Å². The lowest BCUT2D eigenvalue weighted by atomic mass is 9.64. The zero-order valence-corrected chi connectivity index (χ0v) is 12.7. The number of amides is 1. The van der Waals surface area contributed by atoms with E-state index in [1.807, 2.05) is 4.90 Å². The summed E-state index contributed by atoms with van der Waals surface area (Å²) < 4.78 is 5.77. The van der Waals surface area contributed by atoms with Crippen LogP contribution in [0.3, 0.4) is 0 Å². The lowest BCUT2D eigenvalue weighted by Crippen LogP contribution is -2.63. The fraction of sp³-hybridized carbons (Fsp3) is 0.933. The van der Waals surface area contributed by atoms with Crippen molar-refractivity contribution >= 4 is 5.91 Å². The van der Waals surface area contributed by atoms with E-state index in [0.29, 0.717) is 18.2 Å². The Bertz CT molecular complexity index is 322. The summed E-state index contributed by atoms with van der Waals surface area (Å²) in [6.07, 6.45) is 3.66. The van der Waals surface area contributed by atoms with E-state index in [9.17, 15) is 4.79 Å². The maximum atomic E-state index is 11.3. The van der Waals surface area contributed by atoms with Gasteiger partial charge in [-0.25, -0.2) is 0 Å². The SMILES string of the molecule is CCOC1CC(NC2CCN(C(C)=O)CC2)C1(C)C. The van der Waals surface area contributed by atoms with Gasteiger partial charge in [0.05, 0.1) is 6.10 Å². The average molecular weight is 268 g/mol. The third kappa shape index (κ3) is 3.11. The number of piperidine rings is 1. The van der Waals surface area contributed by atoms with Crippen molar-refractivity contribution < 1.29 is 9.53 Å². The summed E-state index contributed by atoms with van der Waals surface area (Å²) in [7, 11) is 0. The van der Waals surface area contributed by atoms with E-state index in [1.54, 1.807) is 6.92 Å². The fourth-order valence-corrected chi connectivity index (χ4v) is 3.30. The number of hydrogen-bond acceptors (Lipinski definition) is 3. The summed E-state index contributed by atoms with van der Waals surface area (Å²) >= 11 is 0. The van der Waals surface area contributed by atoms with Gasteiger partial charge in [0.15, 0.2) is 0 Å². The molecule has 1 saturated carbocycles. The number of hydrogen-bond donors (Lipinski definition) is 1. The molecular weight excluding hydrogens is 240 g/mol. The number of likely N-dealkylation sites (tertiary alicyclic amines) is 1. The van der Waals surface area contributed by atoms with Crippen LogP contribution >= 0.6 is 0 Å². The van der Waals surface area contributed by atoms with Crippen LogP contribution in [0.4, 0.5) is 0 Å². The van der Waals surface area contributed by atoms with Gasteiger partial charge in [0.2, 0.25) is 5.91 Å². The quantitative estimate of drug-likeness (QED) is 0.845. The third-order valence-corrected chi connectivity index (χ3v) is 4.92. The highest BCUT2D eigenvalue weighted by molar-refractivity contribution is 5.73. The smallest absolute Gasteiger partial charge is 0.219 e. The zero-order valence-electron chi connectivity index (χ0n) is 12.7. The highest BCUT2D eigenvalue weighted by Crippen LogP contribution is 2.43. The Balaban J connectivity index is 1.77. The molecule has 19 heavy (non-hydrogen) atoms. The molecule has 0 radical (unpaired) electrons. The summed E-state index contributed by atoms with van der Waals surface area (Å²) in [5, 5.41) is 3.78. The Morgan fingerprint density at radius 1 is 1.37 bits per heavy atom. The Kier molecular flexibility index (Phi) is 4.51. The number of ether oxygens (including phenoxy) is 1. The lowest BCUT2D eigenvalue weighted by Gasteiger charge is -2.53. The van der Waals surface area contributed by atoms with Crippen LogP contribution in [0.1, 0.15) is 47.0 Å². The van der Waals surface area contributed by atoms with Crippen molar-refractivity contribution in [1.82, 2.24) is 10.2 Å². The minimum Gasteiger partial charge on any atom is -0.378 e. The summed E-state index contributed by atoms with van der Waals surface area (Å²) in [6.45, 7) is 10.9. The molecule has 0 aromatic heterocycles. The van der Waals surface area contributed by atoms with Gasteiger partial charge in [-0.15, -0.1) is 0 Å². The van der Waals surface area contributed by atoms with Crippen molar-refractivity contribution in [2.24, 2.45) is 5.41 Å². The lowest BCUT2D eigenvalue weighted by molar-refractivity contribution is -0.131. The number of nitrogens with one attached hydrogen (secondary N) is 1. The van der Waals surface area contributed by atoms with Crippen molar-refractivity contribution in [2.75, 3.05) is 19.7 Å². The molecule has 1 heterocycles. The molecule has 110 valence electrons. The second-order valence-corrected chi connectivity index (χ2v) is 6.50. The molecular formula is C15H28N2O2. The average Bonchev–Trinajstić information content (AvgIpc) is 2.38. The number of nitrogens with zero attached hydrogens (tertiary/aromatic N) is 1. The highest BCUT2D eigenvalue weighted by atomic mass is 16.5. The van der Waals surface area contributed by atoms with Crippen LogP contribution in [0, 0.1) is 5.41 Å². The van der Waals surface area contributed by atoms with Crippen LogP contribution < -0.4 is 5.32 Å². The van der Waals surface area contributed by atoms with Crippen molar-refractivity contribution in [3.05, 3.63) is 0 Å². The first kappa shape index (κ1) is 14.8. The van der Waals surface area contributed by atoms with Gasteiger partial charge in [0.25, 0.3) is 0 Å². The Morgan fingerprint density at radius 2 is 2.00 bits per heavy atom. The molecule has 1 N–H and O–H groups in total. The van der Waals surface area contributed by atoms with Crippen molar-refractivity contribution in [3.8, 4) is 0 Å². The topological polar surface area (TPSA) is 41.6 Å². The summed E-state index contributed by atoms with van der Waals surface area (Å²) in [5.74, 6) is 0.207. The first-order valence-corrected chi connectivity index (χ1v) is 7.58. The van der Waals surface area contributed by atoms with Gasteiger partial charge in [-0.3, -0.25) is 4.79 Å². The molecule has 0 spiro atoms. The molecule has 4 nitrogen and oxygen atoms in total. The number of carbonyl (C=O) groups is 1. The molecule has 2 rings (SSSR count). The normalized spacial score (nSPS) is 31.1. The predicted octanol–water partition coefficient (Wildman–Crippen LogP) is 1.79. The summed E-state index contributed by atoms with van der Waals surface area (Å²) in [5.41, 5.74) is 0.230. The molecule has 0 bridgehead atoms. The molecule has 0 aromatic carbocycles. The standard InChI is InChI=1S/C15H28N2O2/c1-5-19-14-10-13(15(14,3)4)16-12-6-8-17(9-7-12)11(2)18/h12-14,16H,5-10H2,1-4H3. The molecule has 1 aliphatic carbocycles. The van der Waals surface area contributed by atoms with Gasteiger partial charge in [0.1, 0.15) is 0 Å². The van der Waals surface area contributed by atoms with E-state index in [4.69, 9.17) is 4.74 Å². The second kappa shape index (κ2) is 5.80. The van der Waals surface area contributed by atoms with Crippen molar-refractivity contribution in [2.45, 2.75) is 65.1 Å². The van der Waals surface area contributed by atoms with E-state index in [1.165, 1.54) is 0 Å². The summed E-state index contributed by atoms with van der Waals surface area (Å²) in [4.78, 5) is 13.3. The highest BCUT2D eigenvalue weighted by Gasteiger charge is 2.49.